The smallest absolute Gasteiger partial charge is 0.234 e. The number of rotatable bonds is 4. The molecule has 4 N–H and O–H groups in total. The molecular formula is C17H22N2O4S. The molecule has 1 aromatic rings. The van der Waals surface area contributed by atoms with Gasteiger partial charge in [-0.3, -0.25) is 9.59 Å². The Labute approximate surface area is 141 Å². The van der Waals surface area contributed by atoms with Gasteiger partial charge < -0.3 is 11.5 Å². The molecule has 130 valence electrons. The van der Waals surface area contributed by atoms with Gasteiger partial charge >= 0.3 is 0 Å². The number of ketones is 1. The molecule has 1 amide bonds. The third-order valence-corrected chi connectivity index (χ3v) is 6.52. The van der Waals surface area contributed by atoms with Crippen LogP contribution in [0.3, 0.4) is 0 Å². The predicted octanol–water partition coefficient (Wildman–Crippen LogP) is 0.795. The van der Waals surface area contributed by atoms with Crippen molar-refractivity contribution in [2.75, 3.05) is 0 Å². The Balaban J connectivity index is 2.32. The summed E-state index contributed by atoms with van der Waals surface area (Å²) in [4.78, 5) is 23.2. The van der Waals surface area contributed by atoms with E-state index in [1.807, 2.05) is 0 Å². The molecule has 2 rings (SSSR count). The molecule has 0 radical (unpaired) electrons. The average Bonchev–Trinajstić information content (AvgIpc) is 2.68. The summed E-state index contributed by atoms with van der Waals surface area (Å²) in [5, 5.41) is -1.07. The van der Waals surface area contributed by atoms with E-state index in [-0.39, 0.29) is 11.3 Å². The van der Waals surface area contributed by atoms with Crippen LogP contribution in [-0.4, -0.2) is 31.4 Å². The summed E-state index contributed by atoms with van der Waals surface area (Å²) in [7, 11) is -3.72. The van der Waals surface area contributed by atoms with Crippen molar-refractivity contribution < 1.29 is 18.0 Å². The molecule has 2 atom stereocenters. The van der Waals surface area contributed by atoms with Gasteiger partial charge in [0.1, 0.15) is 5.25 Å². The number of nitrogens with two attached hydrogens (primary N) is 2. The van der Waals surface area contributed by atoms with Gasteiger partial charge in [0.25, 0.3) is 0 Å². The van der Waals surface area contributed by atoms with E-state index in [2.05, 4.69) is 0 Å². The third kappa shape index (κ3) is 3.42. The topological polar surface area (TPSA) is 120 Å². The molecule has 7 heteroatoms. The van der Waals surface area contributed by atoms with Crippen LogP contribution in [-0.2, 0) is 25.8 Å². The highest BCUT2D eigenvalue weighted by atomic mass is 32.2. The summed E-state index contributed by atoms with van der Waals surface area (Å²) >= 11 is 0. The van der Waals surface area contributed by atoms with Crippen molar-refractivity contribution in [2.24, 2.45) is 16.9 Å². The molecule has 0 aliphatic carbocycles. The van der Waals surface area contributed by atoms with Crippen molar-refractivity contribution in [3.8, 4) is 0 Å². The lowest BCUT2D eigenvalue weighted by Gasteiger charge is -2.25. The lowest BCUT2D eigenvalue weighted by atomic mass is 9.89. The molecule has 1 unspecified atom stereocenters. The fraction of sp³-hybridized carbons (Fsp3) is 0.412. The molecule has 1 aliphatic rings. The van der Waals surface area contributed by atoms with Crippen LogP contribution in [0.25, 0.3) is 4.91 Å². The highest BCUT2D eigenvalue weighted by molar-refractivity contribution is 8.02. The number of allylic oxidation sites excluding steroid dienone is 1. The SMILES string of the molecule is CC(C)(C)C1C(=O)C=C(c2ccc(C[C@H](N)C(N)=O)cc2)S1(=O)=O. The Bertz CT molecular complexity index is 802. The van der Waals surface area contributed by atoms with Crippen LogP contribution in [0.2, 0.25) is 0 Å². The van der Waals surface area contributed by atoms with Crippen molar-refractivity contribution in [3.63, 3.8) is 0 Å². The molecule has 1 aromatic carbocycles. The minimum absolute atomic E-state index is 0.0400. The van der Waals surface area contributed by atoms with Crippen LogP contribution >= 0.6 is 0 Å². The number of amides is 1. The Morgan fingerprint density at radius 1 is 1.21 bits per heavy atom. The number of carbonyl (C=O) groups excluding carboxylic acids is 2. The molecule has 0 saturated heterocycles. The van der Waals surface area contributed by atoms with E-state index in [1.54, 1.807) is 45.0 Å². The van der Waals surface area contributed by atoms with E-state index >= 15 is 0 Å². The molecule has 0 spiro atoms. The molecule has 0 bridgehead atoms. The zero-order valence-electron chi connectivity index (χ0n) is 13.9. The highest BCUT2D eigenvalue weighted by Gasteiger charge is 2.47. The zero-order chi connectivity index (χ0) is 18.3. The molecular weight excluding hydrogens is 328 g/mol. The third-order valence-electron chi connectivity index (χ3n) is 3.99. The zero-order valence-corrected chi connectivity index (χ0v) is 14.8. The van der Waals surface area contributed by atoms with Crippen LogP contribution in [0.15, 0.2) is 30.3 Å². The van der Waals surface area contributed by atoms with Gasteiger partial charge in [-0.1, -0.05) is 45.0 Å². The van der Waals surface area contributed by atoms with E-state index in [9.17, 15) is 18.0 Å². The maximum atomic E-state index is 12.7. The van der Waals surface area contributed by atoms with Crippen molar-refractivity contribution in [1.29, 1.82) is 0 Å². The monoisotopic (exact) mass is 350 g/mol. The van der Waals surface area contributed by atoms with Crippen LogP contribution in [0.5, 0.6) is 0 Å². The number of benzene rings is 1. The van der Waals surface area contributed by atoms with Crippen molar-refractivity contribution >= 4 is 26.4 Å². The summed E-state index contributed by atoms with van der Waals surface area (Å²) < 4.78 is 25.5. The van der Waals surface area contributed by atoms with E-state index < -0.39 is 38.2 Å². The minimum atomic E-state index is -3.72. The average molecular weight is 350 g/mol. The Kier molecular flexibility index (Phi) is 4.70. The summed E-state index contributed by atoms with van der Waals surface area (Å²) in [6.45, 7) is 5.20. The first kappa shape index (κ1) is 18.4. The molecule has 0 saturated carbocycles. The van der Waals surface area contributed by atoms with E-state index in [0.717, 1.165) is 5.56 Å². The standard InChI is InChI=1S/C17H22N2O4S/c1-17(2,3)15-13(20)9-14(24(15,22)23)11-6-4-10(5-7-11)8-12(18)16(19)21/h4-7,9,12,15H,8,18H2,1-3H3,(H2,19,21)/t12-,15?/m0/s1. The first-order chi connectivity index (χ1) is 10.9. The van der Waals surface area contributed by atoms with E-state index in [0.29, 0.717) is 5.56 Å². The van der Waals surface area contributed by atoms with Crippen LogP contribution in [0.4, 0.5) is 0 Å². The lowest BCUT2D eigenvalue weighted by Crippen LogP contribution is -2.38. The van der Waals surface area contributed by atoms with E-state index in [1.165, 1.54) is 6.08 Å². The van der Waals surface area contributed by atoms with Crippen molar-refractivity contribution in [3.05, 3.63) is 41.5 Å². The van der Waals surface area contributed by atoms with Gasteiger partial charge in [-0.05, 0) is 23.0 Å². The van der Waals surface area contributed by atoms with Gasteiger partial charge in [-0.15, -0.1) is 0 Å². The predicted molar refractivity (Wildman–Crippen MR) is 92.5 cm³/mol. The Morgan fingerprint density at radius 3 is 2.17 bits per heavy atom. The second-order valence-corrected chi connectivity index (χ2v) is 9.11. The second-order valence-electron chi connectivity index (χ2n) is 7.11. The quantitative estimate of drug-likeness (QED) is 0.832. The molecule has 1 heterocycles. The van der Waals surface area contributed by atoms with Crippen LogP contribution in [0.1, 0.15) is 31.9 Å². The van der Waals surface area contributed by atoms with Gasteiger partial charge in [0.15, 0.2) is 15.6 Å². The maximum Gasteiger partial charge on any atom is 0.234 e. The number of hydrogen-bond donors (Lipinski definition) is 2. The molecule has 6 nitrogen and oxygen atoms in total. The summed E-state index contributed by atoms with van der Waals surface area (Å²) in [5.74, 6) is -0.990. The van der Waals surface area contributed by atoms with Gasteiger partial charge in [-0.25, -0.2) is 8.42 Å². The first-order valence-electron chi connectivity index (χ1n) is 7.58. The normalized spacial score (nSPS) is 21.4. The van der Waals surface area contributed by atoms with Crippen molar-refractivity contribution in [2.45, 2.75) is 38.5 Å². The first-order valence-corrected chi connectivity index (χ1v) is 9.13. The molecule has 0 fully saturated rings. The summed E-state index contributed by atoms with van der Waals surface area (Å²) in [6.07, 6.45) is 1.47. The minimum Gasteiger partial charge on any atom is -0.368 e. The number of sulfone groups is 1. The number of hydrogen-bond acceptors (Lipinski definition) is 5. The summed E-state index contributed by atoms with van der Waals surface area (Å²) in [6, 6.07) is 5.81. The van der Waals surface area contributed by atoms with Crippen LogP contribution < -0.4 is 11.5 Å². The fourth-order valence-corrected chi connectivity index (χ4v) is 5.17. The molecule has 1 aliphatic heterocycles. The van der Waals surface area contributed by atoms with Gasteiger partial charge in [0, 0.05) is 6.08 Å². The molecule has 0 aromatic heterocycles. The van der Waals surface area contributed by atoms with E-state index in [4.69, 9.17) is 11.5 Å². The van der Waals surface area contributed by atoms with Gasteiger partial charge in [0.05, 0.1) is 10.9 Å². The van der Waals surface area contributed by atoms with Crippen molar-refractivity contribution in [1.82, 2.24) is 0 Å². The van der Waals surface area contributed by atoms with Gasteiger partial charge in [0.2, 0.25) is 5.91 Å². The number of primary amides is 1. The lowest BCUT2D eigenvalue weighted by molar-refractivity contribution is -0.119. The molecule has 24 heavy (non-hydrogen) atoms. The largest absolute Gasteiger partial charge is 0.368 e. The highest BCUT2D eigenvalue weighted by Crippen LogP contribution is 2.39. The number of carbonyl (C=O) groups is 2. The van der Waals surface area contributed by atoms with Crippen LogP contribution in [0, 0.1) is 5.41 Å². The fourth-order valence-electron chi connectivity index (χ4n) is 2.87. The summed E-state index contributed by atoms with van der Waals surface area (Å²) in [5.41, 5.74) is 11.3. The van der Waals surface area contributed by atoms with Gasteiger partial charge in [-0.2, -0.15) is 0 Å². The maximum absolute atomic E-state index is 12.7. The second kappa shape index (κ2) is 6.14. The Morgan fingerprint density at radius 2 is 1.75 bits per heavy atom. The Hall–Kier alpha value is -1.99.